The van der Waals surface area contributed by atoms with E-state index < -0.39 is 0 Å². The third kappa shape index (κ3) is 2.70. The minimum Gasteiger partial charge on any atom is -0.465 e. The van der Waals surface area contributed by atoms with E-state index in [9.17, 15) is 9.18 Å². The highest BCUT2D eigenvalue weighted by atomic mass is 19.1. The Bertz CT molecular complexity index is 867. The number of carbonyl (C=O) groups is 1. The first-order chi connectivity index (χ1) is 11.0. The molecule has 5 heteroatoms. The highest BCUT2D eigenvalue weighted by molar-refractivity contribution is 5.96. The van der Waals surface area contributed by atoms with E-state index in [1.807, 2.05) is 19.9 Å². The van der Waals surface area contributed by atoms with Crippen LogP contribution in [0.5, 0.6) is 0 Å². The van der Waals surface area contributed by atoms with Crippen molar-refractivity contribution in [2.24, 2.45) is 0 Å². The predicted molar refractivity (Wildman–Crippen MR) is 86.5 cm³/mol. The summed E-state index contributed by atoms with van der Waals surface area (Å²) in [5.41, 5.74) is 3.08. The summed E-state index contributed by atoms with van der Waals surface area (Å²) in [6.07, 6.45) is 1.69. The summed E-state index contributed by atoms with van der Waals surface area (Å²) in [5, 5.41) is 5.20. The molecule has 1 aromatic heterocycles. The second-order valence-electron chi connectivity index (χ2n) is 5.68. The van der Waals surface area contributed by atoms with Crippen molar-refractivity contribution in [2.75, 3.05) is 7.11 Å². The summed E-state index contributed by atoms with van der Waals surface area (Å²) < 4.78 is 19.7. The molecule has 3 aromatic rings. The maximum Gasteiger partial charge on any atom is 0.338 e. The van der Waals surface area contributed by atoms with E-state index in [-0.39, 0.29) is 17.7 Å². The van der Waals surface area contributed by atoms with Gasteiger partial charge in [-0.1, -0.05) is 13.8 Å². The highest BCUT2D eigenvalue weighted by Crippen LogP contribution is 2.28. The molecule has 2 aromatic carbocycles. The smallest absolute Gasteiger partial charge is 0.338 e. The normalized spacial score (nSPS) is 11.2. The molecule has 0 aliphatic rings. The number of fused-ring (bicyclic) bond motifs is 1. The number of carbonyl (C=O) groups excluding carboxylic acids is 1. The Morgan fingerprint density at radius 1 is 1.22 bits per heavy atom. The molecule has 0 amide bonds. The van der Waals surface area contributed by atoms with Gasteiger partial charge in [0.2, 0.25) is 0 Å². The van der Waals surface area contributed by atoms with E-state index in [4.69, 9.17) is 4.74 Å². The quantitative estimate of drug-likeness (QED) is 0.685. The average molecular weight is 312 g/mol. The summed E-state index contributed by atoms with van der Waals surface area (Å²) >= 11 is 0. The molecule has 1 heterocycles. The molecule has 23 heavy (non-hydrogen) atoms. The van der Waals surface area contributed by atoms with Crippen LogP contribution in [-0.4, -0.2) is 22.9 Å². The Labute approximate surface area is 133 Å². The lowest BCUT2D eigenvalue weighted by atomic mass is 9.95. The molecule has 0 N–H and O–H groups in total. The molecule has 4 nitrogen and oxygen atoms in total. The number of esters is 1. The van der Waals surface area contributed by atoms with Crippen LogP contribution >= 0.6 is 0 Å². The molecule has 0 aliphatic carbocycles. The Morgan fingerprint density at radius 3 is 2.52 bits per heavy atom. The van der Waals surface area contributed by atoms with E-state index in [0.717, 1.165) is 22.2 Å². The summed E-state index contributed by atoms with van der Waals surface area (Å²) in [6, 6.07) is 9.88. The number of benzene rings is 2. The lowest BCUT2D eigenvalue weighted by Crippen LogP contribution is -2.07. The lowest BCUT2D eigenvalue weighted by Gasteiger charge is -2.12. The molecule has 0 unspecified atom stereocenters. The molecule has 0 spiro atoms. The van der Waals surface area contributed by atoms with Crippen molar-refractivity contribution in [1.29, 1.82) is 0 Å². The van der Waals surface area contributed by atoms with Crippen molar-refractivity contribution in [2.45, 2.75) is 19.8 Å². The Morgan fingerprint density at radius 2 is 1.91 bits per heavy atom. The SMILES string of the molecule is COC(=O)c1cc2cnn(-c3ccc(F)cc3)c2cc1C(C)C. The maximum atomic E-state index is 13.1. The summed E-state index contributed by atoms with van der Waals surface area (Å²) in [4.78, 5) is 12.0. The maximum absolute atomic E-state index is 13.1. The lowest BCUT2D eigenvalue weighted by molar-refractivity contribution is 0.0599. The van der Waals surface area contributed by atoms with Gasteiger partial charge in [-0.05, 0) is 47.9 Å². The number of rotatable bonds is 3. The molecule has 0 saturated heterocycles. The largest absolute Gasteiger partial charge is 0.465 e. The molecular formula is C18H17FN2O2. The van der Waals surface area contributed by atoms with Crippen LogP contribution in [0.15, 0.2) is 42.6 Å². The van der Waals surface area contributed by atoms with E-state index in [2.05, 4.69) is 5.10 Å². The van der Waals surface area contributed by atoms with Crippen molar-refractivity contribution in [1.82, 2.24) is 9.78 Å². The van der Waals surface area contributed by atoms with Crippen LogP contribution in [0.4, 0.5) is 4.39 Å². The van der Waals surface area contributed by atoms with Crippen LogP contribution in [0.1, 0.15) is 35.7 Å². The van der Waals surface area contributed by atoms with Gasteiger partial charge in [-0.2, -0.15) is 5.10 Å². The van der Waals surface area contributed by atoms with Crippen LogP contribution in [0.25, 0.3) is 16.6 Å². The second-order valence-corrected chi connectivity index (χ2v) is 5.68. The molecule has 118 valence electrons. The number of ether oxygens (including phenoxy) is 1. The number of aromatic nitrogens is 2. The zero-order valence-electron chi connectivity index (χ0n) is 13.2. The number of nitrogens with zero attached hydrogens (tertiary/aromatic N) is 2. The van der Waals surface area contributed by atoms with Crippen molar-refractivity contribution < 1.29 is 13.9 Å². The van der Waals surface area contributed by atoms with Gasteiger partial charge in [-0.25, -0.2) is 13.9 Å². The van der Waals surface area contributed by atoms with Gasteiger partial charge < -0.3 is 4.74 Å². The highest BCUT2D eigenvalue weighted by Gasteiger charge is 2.18. The van der Waals surface area contributed by atoms with E-state index in [1.165, 1.54) is 19.2 Å². The standard InChI is InChI=1S/C18H17FN2O2/c1-11(2)15-9-17-12(8-16(15)18(22)23-3)10-20-21(17)14-6-4-13(19)5-7-14/h4-11H,1-3H3. The van der Waals surface area contributed by atoms with Gasteiger partial charge in [0.25, 0.3) is 0 Å². The fourth-order valence-electron chi connectivity index (χ4n) is 2.64. The van der Waals surface area contributed by atoms with E-state index in [1.54, 1.807) is 29.1 Å². The number of hydrogen-bond donors (Lipinski definition) is 0. The molecule has 0 saturated carbocycles. The predicted octanol–water partition coefficient (Wildman–Crippen LogP) is 4.07. The summed E-state index contributed by atoms with van der Waals surface area (Å²) in [5.74, 6) is -0.490. The number of methoxy groups -OCH3 is 1. The van der Waals surface area contributed by atoms with Crippen molar-refractivity contribution in [3.05, 3.63) is 59.5 Å². The third-order valence-corrected chi connectivity index (χ3v) is 3.84. The summed E-state index contributed by atoms with van der Waals surface area (Å²) in [6.45, 7) is 4.04. The third-order valence-electron chi connectivity index (χ3n) is 3.84. The van der Waals surface area contributed by atoms with Gasteiger partial charge in [0, 0.05) is 5.39 Å². The van der Waals surface area contributed by atoms with Crippen molar-refractivity contribution in [3.63, 3.8) is 0 Å². The minimum absolute atomic E-state index is 0.157. The zero-order chi connectivity index (χ0) is 16.6. The van der Waals surface area contributed by atoms with E-state index in [0.29, 0.717) is 5.56 Å². The minimum atomic E-state index is -0.356. The van der Waals surface area contributed by atoms with E-state index >= 15 is 0 Å². The molecular weight excluding hydrogens is 295 g/mol. The molecule has 3 rings (SSSR count). The molecule has 0 radical (unpaired) electrons. The van der Waals surface area contributed by atoms with Crippen LogP contribution in [0.2, 0.25) is 0 Å². The number of hydrogen-bond acceptors (Lipinski definition) is 3. The first-order valence-corrected chi connectivity index (χ1v) is 7.37. The summed E-state index contributed by atoms with van der Waals surface area (Å²) in [7, 11) is 1.37. The Hall–Kier alpha value is -2.69. The van der Waals surface area contributed by atoms with Gasteiger partial charge in [-0.15, -0.1) is 0 Å². The van der Waals surface area contributed by atoms with Crippen molar-refractivity contribution >= 4 is 16.9 Å². The van der Waals surface area contributed by atoms with Crippen LogP contribution in [0, 0.1) is 5.82 Å². The van der Waals surface area contributed by atoms with Crippen molar-refractivity contribution in [3.8, 4) is 5.69 Å². The molecule has 0 fully saturated rings. The van der Waals surface area contributed by atoms with Crippen LogP contribution in [-0.2, 0) is 4.74 Å². The Balaban J connectivity index is 2.22. The van der Waals surface area contributed by atoms with Crippen LogP contribution < -0.4 is 0 Å². The van der Waals surface area contributed by atoms with Gasteiger partial charge >= 0.3 is 5.97 Å². The fourth-order valence-corrected chi connectivity index (χ4v) is 2.64. The van der Waals surface area contributed by atoms with Gasteiger partial charge in [-0.3, -0.25) is 0 Å². The topological polar surface area (TPSA) is 44.1 Å². The van der Waals surface area contributed by atoms with Gasteiger partial charge in [0.15, 0.2) is 0 Å². The second kappa shape index (κ2) is 5.83. The average Bonchev–Trinajstić information content (AvgIpc) is 2.96. The van der Waals surface area contributed by atoms with Gasteiger partial charge in [0.1, 0.15) is 5.82 Å². The molecule has 0 bridgehead atoms. The van der Waals surface area contributed by atoms with Crippen LogP contribution in [0.3, 0.4) is 0 Å². The monoisotopic (exact) mass is 312 g/mol. The van der Waals surface area contributed by atoms with Gasteiger partial charge in [0.05, 0.1) is 30.1 Å². The molecule has 0 atom stereocenters. The molecule has 0 aliphatic heterocycles. The fraction of sp³-hybridized carbons (Fsp3) is 0.222. The first-order valence-electron chi connectivity index (χ1n) is 7.37. The first kappa shape index (κ1) is 15.2. The number of halogens is 1. The zero-order valence-corrected chi connectivity index (χ0v) is 13.2. The Kier molecular flexibility index (Phi) is 3.86.